The highest BCUT2D eigenvalue weighted by molar-refractivity contribution is 7.07. The highest BCUT2D eigenvalue weighted by Gasteiger charge is 2.15. The predicted octanol–water partition coefficient (Wildman–Crippen LogP) is 3.35. The third-order valence-electron chi connectivity index (χ3n) is 3.48. The van der Waals surface area contributed by atoms with Gasteiger partial charge in [0.1, 0.15) is 0 Å². The maximum Gasteiger partial charge on any atom is 0.272 e. The number of hydrogen-bond acceptors (Lipinski definition) is 5. The number of aliphatic hydroxyl groups is 1. The molecule has 21 heavy (non-hydrogen) atoms. The van der Waals surface area contributed by atoms with Gasteiger partial charge in [0.2, 0.25) is 0 Å². The number of nitrogens with zero attached hydrogens (tertiary/aromatic N) is 1. The lowest BCUT2D eigenvalue weighted by Crippen LogP contribution is -2.24. The molecule has 0 aliphatic carbocycles. The SMILES string of the molecule is Cc1ccc([C@@H](C)NC[C@H](O)c2ccsc2)cc1[N+](=O)[O-]. The first-order valence-electron chi connectivity index (χ1n) is 6.67. The molecule has 0 radical (unpaired) electrons. The van der Waals surface area contributed by atoms with Gasteiger partial charge in [-0.05, 0) is 41.8 Å². The molecule has 0 saturated heterocycles. The fraction of sp³-hybridized carbons (Fsp3) is 0.333. The summed E-state index contributed by atoms with van der Waals surface area (Å²) in [4.78, 5) is 10.6. The summed E-state index contributed by atoms with van der Waals surface area (Å²) in [6, 6.07) is 7.03. The van der Waals surface area contributed by atoms with E-state index in [1.54, 1.807) is 30.4 Å². The standard InChI is InChI=1S/C15H18N2O3S/c1-10-3-4-12(7-14(10)17(19)20)11(2)16-8-15(18)13-5-6-21-9-13/h3-7,9,11,15-16,18H,8H2,1-2H3/t11-,15+/m1/s1. The Labute approximate surface area is 127 Å². The highest BCUT2D eigenvalue weighted by atomic mass is 32.1. The van der Waals surface area contributed by atoms with Gasteiger partial charge >= 0.3 is 0 Å². The minimum atomic E-state index is -0.570. The van der Waals surface area contributed by atoms with E-state index in [0.29, 0.717) is 12.1 Å². The Kier molecular flexibility index (Phi) is 5.06. The van der Waals surface area contributed by atoms with Gasteiger partial charge in [0.15, 0.2) is 0 Å². The molecule has 1 heterocycles. The second-order valence-corrected chi connectivity index (χ2v) is 5.79. The van der Waals surface area contributed by atoms with E-state index in [4.69, 9.17) is 0 Å². The molecular weight excluding hydrogens is 288 g/mol. The Morgan fingerprint density at radius 2 is 2.14 bits per heavy atom. The van der Waals surface area contributed by atoms with E-state index in [1.165, 1.54) is 0 Å². The summed E-state index contributed by atoms with van der Waals surface area (Å²) in [6.07, 6.45) is -0.570. The maximum atomic E-state index is 11.0. The molecule has 0 unspecified atom stereocenters. The minimum absolute atomic E-state index is 0.0717. The molecule has 0 aliphatic rings. The summed E-state index contributed by atoms with van der Waals surface area (Å²) < 4.78 is 0. The molecule has 1 aromatic carbocycles. The Balaban J connectivity index is 2.02. The van der Waals surface area contributed by atoms with E-state index in [-0.39, 0.29) is 16.7 Å². The van der Waals surface area contributed by atoms with E-state index in [2.05, 4.69) is 5.32 Å². The van der Waals surface area contributed by atoms with E-state index in [0.717, 1.165) is 11.1 Å². The van der Waals surface area contributed by atoms with Crippen molar-refractivity contribution in [1.29, 1.82) is 0 Å². The van der Waals surface area contributed by atoms with Crippen LogP contribution < -0.4 is 5.32 Å². The van der Waals surface area contributed by atoms with Gasteiger partial charge < -0.3 is 10.4 Å². The molecule has 0 fully saturated rings. The lowest BCUT2D eigenvalue weighted by Gasteiger charge is -2.17. The van der Waals surface area contributed by atoms with Gasteiger partial charge in [0, 0.05) is 24.2 Å². The Morgan fingerprint density at radius 3 is 2.76 bits per heavy atom. The van der Waals surface area contributed by atoms with Crippen molar-refractivity contribution in [1.82, 2.24) is 5.32 Å². The van der Waals surface area contributed by atoms with Crippen LogP contribution >= 0.6 is 11.3 Å². The van der Waals surface area contributed by atoms with Crippen LogP contribution in [0.5, 0.6) is 0 Å². The monoisotopic (exact) mass is 306 g/mol. The molecule has 6 heteroatoms. The van der Waals surface area contributed by atoms with Crippen LogP contribution in [-0.2, 0) is 0 Å². The van der Waals surface area contributed by atoms with Crippen LogP contribution in [0.4, 0.5) is 5.69 Å². The molecule has 0 amide bonds. The number of nitro groups is 1. The summed E-state index contributed by atoms with van der Waals surface area (Å²) in [5.74, 6) is 0. The molecule has 2 aromatic rings. The summed E-state index contributed by atoms with van der Waals surface area (Å²) in [5.41, 5.74) is 2.49. The normalized spacial score (nSPS) is 13.9. The number of rotatable bonds is 6. The average molecular weight is 306 g/mol. The largest absolute Gasteiger partial charge is 0.387 e. The molecule has 1 aromatic heterocycles. The molecule has 0 aliphatic heterocycles. The maximum absolute atomic E-state index is 11.0. The molecule has 0 saturated carbocycles. The molecule has 2 rings (SSSR count). The average Bonchev–Trinajstić information content (AvgIpc) is 2.98. The molecule has 0 bridgehead atoms. The highest BCUT2D eigenvalue weighted by Crippen LogP contribution is 2.24. The van der Waals surface area contributed by atoms with Crippen molar-refractivity contribution in [2.24, 2.45) is 0 Å². The van der Waals surface area contributed by atoms with Crippen LogP contribution in [0, 0.1) is 17.0 Å². The van der Waals surface area contributed by atoms with Crippen LogP contribution in [0.1, 0.15) is 35.8 Å². The number of aliphatic hydroxyl groups excluding tert-OH is 1. The zero-order valence-electron chi connectivity index (χ0n) is 11.9. The van der Waals surface area contributed by atoms with Crippen molar-refractivity contribution in [2.45, 2.75) is 26.0 Å². The number of nitrogens with one attached hydrogen (secondary N) is 1. The number of thiophene rings is 1. The zero-order valence-corrected chi connectivity index (χ0v) is 12.8. The summed E-state index contributed by atoms with van der Waals surface area (Å²) in [7, 11) is 0. The van der Waals surface area contributed by atoms with E-state index in [9.17, 15) is 15.2 Å². The second-order valence-electron chi connectivity index (χ2n) is 5.01. The molecule has 2 N–H and O–H groups in total. The fourth-order valence-corrected chi connectivity index (χ4v) is 2.79. The van der Waals surface area contributed by atoms with E-state index >= 15 is 0 Å². The van der Waals surface area contributed by atoms with Crippen molar-refractivity contribution < 1.29 is 10.0 Å². The van der Waals surface area contributed by atoms with Crippen LogP contribution in [0.2, 0.25) is 0 Å². The van der Waals surface area contributed by atoms with Gasteiger partial charge in [0.05, 0.1) is 11.0 Å². The van der Waals surface area contributed by atoms with E-state index < -0.39 is 6.10 Å². The molecule has 0 spiro atoms. The second kappa shape index (κ2) is 6.80. The Morgan fingerprint density at radius 1 is 1.38 bits per heavy atom. The first-order valence-corrected chi connectivity index (χ1v) is 7.62. The summed E-state index contributed by atoms with van der Waals surface area (Å²) in [6.45, 7) is 4.05. The van der Waals surface area contributed by atoms with Crippen LogP contribution in [-0.4, -0.2) is 16.6 Å². The van der Waals surface area contributed by atoms with Gasteiger partial charge in [-0.15, -0.1) is 0 Å². The minimum Gasteiger partial charge on any atom is -0.387 e. The van der Waals surface area contributed by atoms with Gasteiger partial charge in [-0.1, -0.05) is 12.1 Å². The molecule has 5 nitrogen and oxygen atoms in total. The smallest absolute Gasteiger partial charge is 0.272 e. The zero-order chi connectivity index (χ0) is 15.4. The van der Waals surface area contributed by atoms with Crippen LogP contribution in [0.25, 0.3) is 0 Å². The topological polar surface area (TPSA) is 75.4 Å². The lowest BCUT2D eigenvalue weighted by atomic mass is 10.0. The summed E-state index contributed by atoms with van der Waals surface area (Å²) >= 11 is 1.54. The van der Waals surface area contributed by atoms with Crippen molar-refractivity contribution in [3.8, 4) is 0 Å². The van der Waals surface area contributed by atoms with Gasteiger partial charge in [-0.3, -0.25) is 10.1 Å². The molecule has 2 atom stereocenters. The van der Waals surface area contributed by atoms with Gasteiger partial charge in [-0.2, -0.15) is 11.3 Å². The van der Waals surface area contributed by atoms with Crippen molar-refractivity contribution in [3.63, 3.8) is 0 Å². The van der Waals surface area contributed by atoms with Crippen LogP contribution in [0.15, 0.2) is 35.0 Å². The lowest BCUT2D eigenvalue weighted by molar-refractivity contribution is -0.385. The number of hydrogen-bond donors (Lipinski definition) is 2. The summed E-state index contributed by atoms with van der Waals surface area (Å²) in [5, 5.41) is 28.0. The first-order chi connectivity index (χ1) is 9.99. The van der Waals surface area contributed by atoms with Gasteiger partial charge in [-0.25, -0.2) is 0 Å². The third kappa shape index (κ3) is 3.87. The quantitative estimate of drug-likeness (QED) is 0.634. The van der Waals surface area contributed by atoms with Crippen molar-refractivity contribution in [3.05, 3.63) is 61.8 Å². The fourth-order valence-electron chi connectivity index (χ4n) is 2.08. The number of nitro benzene ring substituents is 1. The predicted molar refractivity (Wildman–Crippen MR) is 83.5 cm³/mol. The third-order valence-corrected chi connectivity index (χ3v) is 4.18. The van der Waals surface area contributed by atoms with Crippen molar-refractivity contribution >= 4 is 17.0 Å². The number of benzene rings is 1. The van der Waals surface area contributed by atoms with E-state index in [1.807, 2.05) is 29.8 Å². The molecule has 112 valence electrons. The molecular formula is C15H18N2O3S. The van der Waals surface area contributed by atoms with Crippen LogP contribution in [0.3, 0.4) is 0 Å². The number of aryl methyl sites for hydroxylation is 1. The van der Waals surface area contributed by atoms with Crippen molar-refractivity contribution in [2.75, 3.05) is 6.54 Å². The first kappa shape index (κ1) is 15.6. The Bertz CT molecular complexity index is 613. The van der Waals surface area contributed by atoms with Gasteiger partial charge in [0.25, 0.3) is 5.69 Å². The Hall–Kier alpha value is -1.76.